The predicted octanol–water partition coefficient (Wildman–Crippen LogP) is 1.00. The summed E-state index contributed by atoms with van der Waals surface area (Å²) in [6.45, 7) is 4.13. The van der Waals surface area contributed by atoms with E-state index in [1.54, 1.807) is 0 Å². The summed E-state index contributed by atoms with van der Waals surface area (Å²) in [7, 11) is 2.06. The van der Waals surface area contributed by atoms with Gasteiger partial charge < -0.3 is 10.2 Å². The molecular formula is C10H17ClN4. The third-order valence-electron chi connectivity index (χ3n) is 2.68. The number of anilines is 1. The van der Waals surface area contributed by atoms with Crippen molar-refractivity contribution in [1.29, 1.82) is 0 Å². The van der Waals surface area contributed by atoms with E-state index in [4.69, 9.17) is 0 Å². The Morgan fingerprint density at radius 3 is 2.93 bits per heavy atom. The maximum atomic E-state index is 4.40. The molecule has 1 aliphatic rings. The number of likely N-dealkylation sites (N-methyl/N-ethyl adjacent to an activating group) is 1. The highest BCUT2D eigenvalue weighted by Gasteiger charge is 2.20. The lowest BCUT2D eigenvalue weighted by Crippen LogP contribution is -2.34. The fourth-order valence-corrected chi connectivity index (χ4v) is 1.74. The zero-order valence-corrected chi connectivity index (χ0v) is 9.92. The van der Waals surface area contributed by atoms with Gasteiger partial charge in [0.15, 0.2) is 0 Å². The summed E-state index contributed by atoms with van der Waals surface area (Å²) in [5, 5.41) is 3.34. The first-order chi connectivity index (χ1) is 6.77. The summed E-state index contributed by atoms with van der Waals surface area (Å²) in [5.41, 5.74) is 1.02. The average molecular weight is 229 g/mol. The van der Waals surface area contributed by atoms with Crippen LogP contribution in [0.5, 0.6) is 0 Å². The van der Waals surface area contributed by atoms with Gasteiger partial charge in [0.1, 0.15) is 0 Å². The van der Waals surface area contributed by atoms with Crippen molar-refractivity contribution >= 4 is 18.4 Å². The van der Waals surface area contributed by atoms with Gasteiger partial charge in [0.2, 0.25) is 5.95 Å². The van der Waals surface area contributed by atoms with Crippen molar-refractivity contribution in [2.75, 3.05) is 25.0 Å². The van der Waals surface area contributed by atoms with E-state index in [2.05, 4.69) is 27.2 Å². The van der Waals surface area contributed by atoms with Gasteiger partial charge in [0.25, 0.3) is 0 Å². The van der Waals surface area contributed by atoms with Crippen LogP contribution in [0, 0.1) is 6.92 Å². The fourth-order valence-electron chi connectivity index (χ4n) is 1.74. The highest BCUT2D eigenvalue weighted by molar-refractivity contribution is 5.85. The van der Waals surface area contributed by atoms with Crippen molar-refractivity contribution in [3.8, 4) is 0 Å². The van der Waals surface area contributed by atoms with Gasteiger partial charge in [-0.15, -0.1) is 12.4 Å². The number of halogens is 1. The molecule has 0 saturated carbocycles. The molecule has 0 aliphatic carbocycles. The van der Waals surface area contributed by atoms with Crippen LogP contribution in [-0.4, -0.2) is 36.1 Å². The molecule has 2 heterocycles. The van der Waals surface area contributed by atoms with Crippen LogP contribution in [0.2, 0.25) is 0 Å². The van der Waals surface area contributed by atoms with Crippen molar-refractivity contribution < 1.29 is 0 Å². The molecule has 0 radical (unpaired) electrons. The Bertz CT molecular complexity index is 312. The van der Waals surface area contributed by atoms with Gasteiger partial charge in [-0.25, -0.2) is 9.97 Å². The summed E-state index contributed by atoms with van der Waals surface area (Å²) in [6, 6.07) is 2.46. The molecule has 0 bridgehead atoms. The number of hydrogen-bond acceptors (Lipinski definition) is 4. The first-order valence-electron chi connectivity index (χ1n) is 5.00. The molecule has 0 unspecified atom stereocenters. The van der Waals surface area contributed by atoms with E-state index in [9.17, 15) is 0 Å². The largest absolute Gasteiger partial charge is 0.340 e. The molecule has 1 atom stereocenters. The number of aryl methyl sites for hydroxylation is 1. The minimum atomic E-state index is 0. The zero-order valence-electron chi connectivity index (χ0n) is 9.10. The number of hydrogen-bond donors (Lipinski definition) is 1. The quantitative estimate of drug-likeness (QED) is 0.820. The van der Waals surface area contributed by atoms with Gasteiger partial charge in [-0.2, -0.15) is 0 Å². The van der Waals surface area contributed by atoms with Crippen LogP contribution in [0.3, 0.4) is 0 Å². The molecule has 0 amide bonds. The lowest BCUT2D eigenvalue weighted by molar-refractivity contribution is 0.667. The van der Waals surface area contributed by atoms with Crippen molar-refractivity contribution in [3.05, 3.63) is 18.0 Å². The number of nitrogens with zero attached hydrogens (tertiary/aromatic N) is 3. The monoisotopic (exact) mass is 228 g/mol. The maximum Gasteiger partial charge on any atom is 0.225 e. The van der Waals surface area contributed by atoms with E-state index in [1.165, 1.54) is 6.42 Å². The van der Waals surface area contributed by atoms with E-state index in [0.29, 0.717) is 6.04 Å². The highest BCUT2D eigenvalue weighted by atomic mass is 35.5. The molecule has 15 heavy (non-hydrogen) atoms. The van der Waals surface area contributed by atoms with Crippen LogP contribution in [-0.2, 0) is 0 Å². The number of nitrogens with one attached hydrogen (secondary N) is 1. The van der Waals surface area contributed by atoms with Crippen molar-refractivity contribution in [2.45, 2.75) is 19.4 Å². The molecule has 5 heteroatoms. The zero-order chi connectivity index (χ0) is 9.97. The molecule has 2 rings (SSSR count). The molecule has 1 aromatic heterocycles. The van der Waals surface area contributed by atoms with Crippen LogP contribution in [0.25, 0.3) is 0 Å². The summed E-state index contributed by atoms with van der Waals surface area (Å²) >= 11 is 0. The van der Waals surface area contributed by atoms with E-state index < -0.39 is 0 Å². The Morgan fingerprint density at radius 2 is 2.33 bits per heavy atom. The SMILES string of the molecule is Cc1ccnc(N(C)[C@@H]2CCNC2)n1.Cl. The second-order valence-corrected chi connectivity index (χ2v) is 3.76. The minimum Gasteiger partial charge on any atom is -0.340 e. The second-order valence-electron chi connectivity index (χ2n) is 3.76. The lowest BCUT2D eigenvalue weighted by Gasteiger charge is -2.23. The highest BCUT2D eigenvalue weighted by Crippen LogP contribution is 2.13. The van der Waals surface area contributed by atoms with E-state index in [-0.39, 0.29) is 12.4 Å². The predicted molar refractivity (Wildman–Crippen MR) is 63.7 cm³/mol. The number of rotatable bonds is 2. The van der Waals surface area contributed by atoms with Crippen LogP contribution in [0.4, 0.5) is 5.95 Å². The summed E-state index contributed by atoms with van der Waals surface area (Å²) in [4.78, 5) is 10.8. The Balaban J connectivity index is 0.00000112. The summed E-state index contributed by atoms with van der Waals surface area (Å²) < 4.78 is 0. The van der Waals surface area contributed by atoms with Gasteiger partial charge >= 0.3 is 0 Å². The van der Waals surface area contributed by atoms with Gasteiger partial charge in [-0.3, -0.25) is 0 Å². The van der Waals surface area contributed by atoms with E-state index in [0.717, 1.165) is 24.7 Å². The van der Waals surface area contributed by atoms with Crippen LogP contribution in [0.1, 0.15) is 12.1 Å². The van der Waals surface area contributed by atoms with E-state index >= 15 is 0 Å². The maximum absolute atomic E-state index is 4.40. The topological polar surface area (TPSA) is 41.1 Å². The molecular weight excluding hydrogens is 212 g/mol. The van der Waals surface area contributed by atoms with Gasteiger partial charge in [0.05, 0.1) is 0 Å². The molecule has 0 aromatic carbocycles. The third-order valence-corrected chi connectivity index (χ3v) is 2.68. The van der Waals surface area contributed by atoms with Crippen LogP contribution in [0.15, 0.2) is 12.3 Å². The third kappa shape index (κ3) is 2.79. The molecule has 0 spiro atoms. The summed E-state index contributed by atoms with van der Waals surface area (Å²) in [5.74, 6) is 0.832. The summed E-state index contributed by atoms with van der Waals surface area (Å²) in [6.07, 6.45) is 2.99. The molecule has 1 aromatic rings. The molecule has 4 nitrogen and oxygen atoms in total. The van der Waals surface area contributed by atoms with Crippen LogP contribution >= 0.6 is 12.4 Å². The van der Waals surface area contributed by atoms with Crippen molar-refractivity contribution in [1.82, 2.24) is 15.3 Å². The van der Waals surface area contributed by atoms with Gasteiger partial charge in [-0.1, -0.05) is 0 Å². The molecule has 84 valence electrons. The minimum absolute atomic E-state index is 0. The van der Waals surface area contributed by atoms with Crippen LogP contribution < -0.4 is 10.2 Å². The standard InChI is InChI=1S/C10H16N4.ClH/c1-8-3-6-12-10(13-8)14(2)9-4-5-11-7-9;/h3,6,9,11H,4-5,7H2,1-2H3;1H/t9-;/m1./s1. The smallest absolute Gasteiger partial charge is 0.225 e. The van der Waals surface area contributed by atoms with Gasteiger partial charge in [0, 0.05) is 31.5 Å². The average Bonchev–Trinajstić information content (AvgIpc) is 2.69. The number of aromatic nitrogens is 2. The first kappa shape index (κ1) is 12.2. The Hall–Kier alpha value is -0.870. The molecule has 1 saturated heterocycles. The van der Waals surface area contributed by atoms with Crippen molar-refractivity contribution in [2.24, 2.45) is 0 Å². The lowest BCUT2D eigenvalue weighted by atomic mass is 10.2. The Morgan fingerprint density at radius 1 is 1.53 bits per heavy atom. The molecule has 1 aliphatic heterocycles. The Labute approximate surface area is 96.5 Å². The fraction of sp³-hybridized carbons (Fsp3) is 0.600. The molecule has 1 fully saturated rings. The van der Waals surface area contributed by atoms with Crippen molar-refractivity contribution in [3.63, 3.8) is 0 Å². The second kappa shape index (κ2) is 5.28. The first-order valence-corrected chi connectivity index (χ1v) is 5.00. The van der Waals surface area contributed by atoms with Gasteiger partial charge in [-0.05, 0) is 26.0 Å². The Kier molecular flexibility index (Phi) is 4.29. The molecule has 1 N–H and O–H groups in total. The normalized spacial score (nSPS) is 19.7. The van der Waals surface area contributed by atoms with E-state index in [1.807, 2.05) is 19.2 Å².